The van der Waals surface area contributed by atoms with Crippen molar-refractivity contribution in [1.29, 1.82) is 0 Å². The maximum Gasteiger partial charge on any atom is 0.160 e. The van der Waals surface area contributed by atoms with Gasteiger partial charge in [-0.25, -0.2) is 0 Å². The van der Waals surface area contributed by atoms with E-state index in [-0.39, 0.29) is 0 Å². The van der Waals surface area contributed by atoms with Gasteiger partial charge in [0.2, 0.25) is 0 Å². The Labute approximate surface area is 164 Å². The van der Waals surface area contributed by atoms with Gasteiger partial charge in [0, 0.05) is 10.0 Å². The minimum Gasteiger partial charge on any atom is -0.297 e. The maximum atomic E-state index is 11.4. The molecule has 130 valence electrons. The number of carbonyl (C=O) groups is 1. The molecular weight excluding hydrogens is 420 g/mol. The van der Waals surface area contributed by atoms with Gasteiger partial charge in [0.05, 0.1) is 19.0 Å². The molecule has 0 unspecified atom stereocenters. The topological polar surface area (TPSA) is 17.1 Å². The van der Waals surface area contributed by atoms with E-state index >= 15 is 0 Å². The highest BCUT2D eigenvalue weighted by atomic mass is 79.9. The fourth-order valence-electron chi connectivity index (χ4n) is 3.17. The molecule has 3 aromatic heterocycles. The molecule has 0 radical (unpaired) electrons. The standard InChI is InChI=1S/C19H23BrOS3/c20-11-8-6-4-2-1-3-5-7-9-14-16(13-21)24-19-17(14)23-15-10-12-22-18(15)19/h10,12-13H,1-9,11H2. The van der Waals surface area contributed by atoms with Crippen molar-refractivity contribution in [2.75, 3.05) is 5.33 Å². The van der Waals surface area contributed by atoms with Crippen molar-refractivity contribution in [3.05, 3.63) is 21.9 Å². The molecule has 0 aliphatic rings. The van der Waals surface area contributed by atoms with E-state index in [4.69, 9.17) is 0 Å². The zero-order chi connectivity index (χ0) is 16.8. The molecule has 0 N–H and O–H groups in total. The molecule has 5 heteroatoms. The van der Waals surface area contributed by atoms with Crippen molar-refractivity contribution < 1.29 is 4.79 Å². The Morgan fingerprint density at radius 3 is 2.29 bits per heavy atom. The van der Waals surface area contributed by atoms with Crippen LogP contribution in [0.5, 0.6) is 0 Å². The van der Waals surface area contributed by atoms with Crippen LogP contribution >= 0.6 is 49.9 Å². The summed E-state index contributed by atoms with van der Waals surface area (Å²) in [7, 11) is 0. The monoisotopic (exact) mass is 442 g/mol. The smallest absolute Gasteiger partial charge is 0.160 e. The lowest BCUT2D eigenvalue weighted by atomic mass is 10.0. The van der Waals surface area contributed by atoms with E-state index in [0.717, 1.165) is 22.9 Å². The average molecular weight is 443 g/mol. The Kier molecular flexibility index (Phi) is 7.32. The highest BCUT2D eigenvalue weighted by Gasteiger charge is 2.17. The molecule has 0 spiro atoms. The number of carbonyl (C=O) groups excluding carboxylic acids is 1. The van der Waals surface area contributed by atoms with Gasteiger partial charge in [-0.3, -0.25) is 4.79 Å². The van der Waals surface area contributed by atoms with E-state index < -0.39 is 0 Å². The Morgan fingerprint density at radius 1 is 0.875 bits per heavy atom. The Balaban J connectivity index is 1.50. The van der Waals surface area contributed by atoms with Gasteiger partial charge in [-0.05, 0) is 36.3 Å². The van der Waals surface area contributed by atoms with Gasteiger partial charge < -0.3 is 0 Å². The summed E-state index contributed by atoms with van der Waals surface area (Å²) in [5.41, 5.74) is 1.32. The van der Waals surface area contributed by atoms with Crippen LogP contribution in [-0.2, 0) is 6.42 Å². The number of aryl methyl sites for hydroxylation is 1. The molecule has 0 fully saturated rings. The molecule has 0 aromatic carbocycles. The van der Waals surface area contributed by atoms with Crippen molar-refractivity contribution in [2.45, 2.75) is 57.8 Å². The maximum absolute atomic E-state index is 11.4. The van der Waals surface area contributed by atoms with Gasteiger partial charge in [0.25, 0.3) is 0 Å². The molecule has 3 heterocycles. The number of alkyl halides is 1. The first kappa shape index (κ1) is 18.6. The van der Waals surface area contributed by atoms with Gasteiger partial charge in [-0.15, -0.1) is 34.0 Å². The quantitative estimate of drug-likeness (QED) is 0.166. The molecular formula is C19H23BrOS3. The fraction of sp³-hybridized carbons (Fsp3) is 0.526. The highest BCUT2D eigenvalue weighted by molar-refractivity contribution is 9.09. The van der Waals surface area contributed by atoms with Crippen LogP contribution in [0.4, 0.5) is 0 Å². The highest BCUT2D eigenvalue weighted by Crippen LogP contribution is 2.44. The molecule has 0 aliphatic heterocycles. The molecule has 0 amide bonds. The van der Waals surface area contributed by atoms with Crippen LogP contribution in [0.2, 0.25) is 0 Å². The van der Waals surface area contributed by atoms with Gasteiger partial charge in [0.1, 0.15) is 0 Å². The van der Waals surface area contributed by atoms with E-state index in [1.165, 1.54) is 75.7 Å². The minimum atomic E-state index is 0.960. The predicted molar refractivity (Wildman–Crippen MR) is 115 cm³/mol. The molecule has 1 nitrogen and oxygen atoms in total. The van der Waals surface area contributed by atoms with Crippen LogP contribution in [0.1, 0.15) is 66.6 Å². The van der Waals surface area contributed by atoms with Crippen molar-refractivity contribution in [3.63, 3.8) is 0 Å². The molecule has 0 bridgehead atoms. The third-order valence-corrected chi connectivity index (χ3v) is 8.72. The van der Waals surface area contributed by atoms with Gasteiger partial charge in [-0.2, -0.15) is 0 Å². The van der Waals surface area contributed by atoms with Crippen LogP contribution in [-0.4, -0.2) is 11.6 Å². The molecule has 24 heavy (non-hydrogen) atoms. The van der Waals surface area contributed by atoms with Crippen molar-refractivity contribution in [2.24, 2.45) is 0 Å². The first-order valence-electron chi connectivity index (χ1n) is 8.77. The SMILES string of the molecule is O=Cc1sc2c(sc3ccsc32)c1CCCCCCCCCCBr. The second kappa shape index (κ2) is 9.46. The van der Waals surface area contributed by atoms with Crippen LogP contribution < -0.4 is 0 Å². The van der Waals surface area contributed by atoms with Gasteiger partial charge in [0.15, 0.2) is 6.29 Å². The number of thiophene rings is 3. The van der Waals surface area contributed by atoms with Crippen LogP contribution in [0.25, 0.3) is 18.8 Å². The number of aldehydes is 1. The number of rotatable bonds is 11. The molecule has 0 atom stereocenters. The van der Waals surface area contributed by atoms with Crippen LogP contribution in [0, 0.1) is 0 Å². The molecule has 0 aliphatic carbocycles. The summed E-state index contributed by atoms with van der Waals surface area (Å²) in [6, 6.07) is 2.21. The Hall–Kier alpha value is -0.230. The second-order valence-corrected chi connectivity index (χ2v) is 10.0. The van der Waals surface area contributed by atoms with Gasteiger partial charge >= 0.3 is 0 Å². The predicted octanol–water partition coefficient (Wildman–Crippen LogP) is 8.05. The average Bonchev–Trinajstić information content (AvgIpc) is 3.25. The van der Waals surface area contributed by atoms with E-state index in [9.17, 15) is 4.79 Å². The largest absolute Gasteiger partial charge is 0.297 e. The zero-order valence-electron chi connectivity index (χ0n) is 13.8. The molecule has 0 saturated carbocycles. The number of hydrogen-bond donors (Lipinski definition) is 0. The van der Waals surface area contributed by atoms with Crippen molar-refractivity contribution >= 4 is 75.0 Å². The van der Waals surface area contributed by atoms with Crippen molar-refractivity contribution in [3.8, 4) is 0 Å². The fourth-order valence-corrected chi connectivity index (χ4v) is 7.46. The summed E-state index contributed by atoms with van der Waals surface area (Å²) < 4.78 is 5.47. The van der Waals surface area contributed by atoms with E-state index in [1.807, 2.05) is 11.3 Å². The first-order chi connectivity index (χ1) is 11.8. The summed E-state index contributed by atoms with van der Waals surface area (Å²) in [4.78, 5) is 12.4. The number of unbranched alkanes of at least 4 members (excludes halogenated alkanes) is 7. The number of halogens is 1. The lowest BCUT2D eigenvalue weighted by Crippen LogP contribution is -1.89. The van der Waals surface area contributed by atoms with Crippen LogP contribution in [0.15, 0.2) is 11.4 Å². The van der Waals surface area contributed by atoms with E-state index in [2.05, 4.69) is 27.4 Å². The zero-order valence-corrected chi connectivity index (χ0v) is 17.8. The van der Waals surface area contributed by atoms with E-state index in [1.54, 1.807) is 22.7 Å². The van der Waals surface area contributed by atoms with E-state index in [0.29, 0.717) is 0 Å². The minimum absolute atomic E-state index is 0.960. The second-order valence-electron chi connectivity index (χ2n) is 6.20. The Bertz CT molecular complexity index is 783. The first-order valence-corrected chi connectivity index (χ1v) is 12.4. The molecule has 0 saturated heterocycles. The van der Waals surface area contributed by atoms with Crippen LogP contribution in [0.3, 0.4) is 0 Å². The number of hydrogen-bond acceptors (Lipinski definition) is 4. The van der Waals surface area contributed by atoms with Gasteiger partial charge in [-0.1, -0.05) is 54.5 Å². The summed E-state index contributed by atoms with van der Waals surface area (Å²) in [5.74, 6) is 0. The number of fused-ring (bicyclic) bond motifs is 3. The summed E-state index contributed by atoms with van der Waals surface area (Å²) in [6.45, 7) is 0. The normalized spacial score (nSPS) is 11.7. The summed E-state index contributed by atoms with van der Waals surface area (Å²) in [6.07, 6.45) is 12.7. The third kappa shape index (κ3) is 4.29. The Morgan fingerprint density at radius 2 is 1.58 bits per heavy atom. The lowest BCUT2D eigenvalue weighted by Gasteiger charge is -2.02. The molecule has 3 aromatic rings. The summed E-state index contributed by atoms with van der Waals surface area (Å²) in [5, 5.41) is 3.29. The lowest BCUT2D eigenvalue weighted by molar-refractivity contribution is 0.112. The van der Waals surface area contributed by atoms with Crippen molar-refractivity contribution in [1.82, 2.24) is 0 Å². The summed E-state index contributed by atoms with van der Waals surface area (Å²) >= 11 is 8.85. The third-order valence-electron chi connectivity index (χ3n) is 4.45. The molecule has 3 rings (SSSR count).